The van der Waals surface area contributed by atoms with Crippen molar-refractivity contribution in [3.8, 4) is 11.3 Å². The van der Waals surface area contributed by atoms with Crippen LogP contribution in [-0.4, -0.2) is 14.4 Å². The van der Waals surface area contributed by atoms with Gasteiger partial charge in [0.2, 0.25) is 5.78 Å². The van der Waals surface area contributed by atoms with E-state index in [4.69, 9.17) is 0 Å². The third-order valence-corrected chi connectivity index (χ3v) is 2.72. The van der Waals surface area contributed by atoms with Crippen molar-refractivity contribution in [1.82, 2.24) is 14.4 Å². The van der Waals surface area contributed by atoms with Crippen LogP contribution >= 0.6 is 0 Å². The van der Waals surface area contributed by atoms with Gasteiger partial charge in [-0.1, -0.05) is 30.3 Å². The molecule has 3 rings (SSSR count). The Hall–Kier alpha value is -2.37. The van der Waals surface area contributed by atoms with Crippen LogP contribution < -0.4 is 0 Å². The maximum atomic E-state index is 13.2. The fourth-order valence-corrected chi connectivity index (χ4v) is 1.96. The molecule has 0 saturated heterocycles. The molecule has 0 saturated carbocycles. The van der Waals surface area contributed by atoms with Gasteiger partial charge >= 0.3 is 6.18 Å². The molecule has 0 aliphatic carbocycles. The average molecular weight is 263 g/mol. The molecule has 0 spiro atoms. The number of imidazole rings is 1. The normalized spacial score (nSPS) is 11.9. The zero-order chi connectivity index (χ0) is 13.5. The van der Waals surface area contributed by atoms with Crippen molar-refractivity contribution >= 4 is 5.78 Å². The molecule has 0 amide bonds. The van der Waals surface area contributed by atoms with Crippen molar-refractivity contribution in [2.24, 2.45) is 0 Å². The molecule has 0 radical (unpaired) electrons. The quantitative estimate of drug-likeness (QED) is 0.673. The number of fused-ring (bicyclic) bond motifs is 1. The lowest BCUT2D eigenvalue weighted by atomic mass is 10.1. The van der Waals surface area contributed by atoms with E-state index in [-0.39, 0.29) is 11.5 Å². The molecule has 3 aromatic rings. The molecule has 2 aromatic heterocycles. The zero-order valence-electron chi connectivity index (χ0n) is 9.59. The summed E-state index contributed by atoms with van der Waals surface area (Å²) in [6.07, 6.45) is -1.77. The molecule has 6 heteroatoms. The first-order chi connectivity index (χ1) is 9.07. The molecule has 0 N–H and O–H groups in total. The Bertz CT molecular complexity index is 717. The zero-order valence-corrected chi connectivity index (χ0v) is 9.59. The van der Waals surface area contributed by atoms with Gasteiger partial charge in [-0.25, -0.2) is 9.97 Å². The lowest BCUT2D eigenvalue weighted by molar-refractivity contribution is -0.141. The van der Waals surface area contributed by atoms with Gasteiger partial charge in [-0.05, 0) is 6.07 Å². The van der Waals surface area contributed by atoms with E-state index in [1.807, 2.05) is 0 Å². The molecule has 96 valence electrons. The van der Waals surface area contributed by atoms with E-state index in [9.17, 15) is 13.2 Å². The largest absolute Gasteiger partial charge is 0.434 e. The van der Waals surface area contributed by atoms with Crippen molar-refractivity contribution in [3.05, 3.63) is 54.5 Å². The molecule has 0 unspecified atom stereocenters. The van der Waals surface area contributed by atoms with Crippen LogP contribution in [-0.2, 0) is 6.18 Å². The summed E-state index contributed by atoms with van der Waals surface area (Å²) in [5, 5.41) is 0. The summed E-state index contributed by atoms with van der Waals surface area (Å²) >= 11 is 0. The maximum Gasteiger partial charge on any atom is 0.434 e. The van der Waals surface area contributed by atoms with Crippen molar-refractivity contribution in [2.45, 2.75) is 6.18 Å². The molecule has 19 heavy (non-hydrogen) atoms. The van der Waals surface area contributed by atoms with E-state index in [1.54, 1.807) is 30.3 Å². The van der Waals surface area contributed by atoms with E-state index in [1.165, 1.54) is 18.5 Å². The highest BCUT2D eigenvalue weighted by Crippen LogP contribution is 2.36. The number of hydrogen-bond donors (Lipinski definition) is 0. The number of nitrogens with zero attached hydrogens (tertiary/aromatic N) is 3. The lowest BCUT2D eigenvalue weighted by Crippen LogP contribution is -2.10. The van der Waals surface area contributed by atoms with Gasteiger partial charge in [0.05, 0.1) is 0 Å². The minimum Gasteiger partial charge on any atom is -0.279 e. The van der Waals surface area contributed by atoms with Crippen molar-refractivity contribution < 1.29 is 13.2 Å². The molecule has 0 aliphatic heterocycles. The summed E-state index contributed by atoms with van der Waals surface area (Å²) in [6, 6.07) is 9.72. The van der Waals surface area contributed by atoms with Crippen LogP contribution in [0.3, 0.4) is 0 Å². The second-order valence-corrected chi connectivity index (χ2v) is 3.96. The van der Waals surface area contributed by atoms with Crippen molar-refractivity contribution in [2.75, 3.05) is 0 Å². The summed E-state index contributed by atoms with van der Waals surface area (Å²) in [5.74, 6) is 0.0358. The topological polar surface area (TPSA) is 30.2 Å². The van der Waals surface area contributed by atoms with Crippen LogP contribution in [0.5, 0.6) is 0 Å². The molecule has 0 atom stereocenters. The number of alkyl halides is 3. The number of aromatic nitrogens is 3. The molecular weight excluding hydrogens is 255 g/mol. The second kappa shape index (κ2) is 4.08. The first-order valence-electron chi connectivity index (χ1n) is 5.53. The molecular formula is C13H8F3N3. The Morgan fingerprint density at radius 3 is 2.42 bits per heavy atom. The molecule has 0 fully saturated rings. The minimum absolute atomic E-state index is 0.0358. The number of rotatable bonds is 1. The fraction of sp³-hybridized carbons (Fsp3) is 0.0769. The first kappa shape index (κ1) is 11.7. The summed E-state index contributed by atoms with van der Waals surface area (Å²) in [7, 11) is 0. The van der Waals surface area contributed by atoms with Crippen LogP contribution in [0.4, 0.5) is 13.2 Å². The minimum atomic E-state index is -4.49. The van der Waals surface area contributed by atoms with Crippen LogP contribution in [0.15, 0.2) is 48.8 Å². The molecule has 3 nitrogen and oxygen atoms in total. The third kappa shape index (κ3) is 1.95. The average Bonchev–Trinajstić information content (AvgIpc) is 2.79. The van der Waals surface area contributed by atoms with Crippen LogP contribution in [0.1, 0.15) is 5.69 Å². The highest BCUT2D eigenvalue weighted by atomic mass is 19.4. The smallest absolute Gasteiger partial charge is 0.279 e. The number of benzene rings is 1. The Morgan fingerprint density at radius 2 is 1.74 bits per heavy atom. The van der Waals surface area contributed by atoms with Crippen LogP contribution in [0, 0.1) is 0 Å². The van der Waals surface area contributed by atoms with Gasteiger partial charge in [0, 0.05) is 18.0 Å². The summed E-state index contributed by atoms with van der Waals surface area (Å²) in [5.41, 5.74) is -0.492. The predicted molar refractivity (Wildman–Crippen MR) is 63.4 cm³/mol. The monoisotopic (exact) mass is 263 g/mol. The van der Waals surface area contributed by atoms with Gasteiger partial charge < -0.3 is 0 Å². The summed E-state index contributed by atoms with van der Waals surface area (Å²) < 4.78 is 40.6. The Balaban J connectivity index is 2.36. The third-order valence-electron chi connectivity index (χ3n) is 2.72. The van der Waals surface area contributed by atoms with E-state index in [0.29, 0.717) is 5.56 Å². The lowest BCUT2D eigenvalue weighted by Gasteiger charge is -2.08. The van der Waals surface area contributed by atoms with Crippen LogP contribution in [0.2, 0.25) is 0 Å². The maximum absolute atomic E-state index is 13.2. The van der Waals surface area contributed by atoms with E-state index in [2.05, 4.69) is 9.97 Å². The Kier molecular flexibility index (Phi) is 2.51. The fourth-order valence-electron chi connectivity index (χ4n) is 1.96. The highest BCUT2D eigenvalue weighted by Gasteiger charge is 2.38. The van der Waals surface area contributed by atoms with Gasteiger partial charge in [-0.2, -0.15) is 13.2 Å². The van der Waals surface area contributed by atoms with Crippen LogP contribution in [0.25, 0.3) is 17.0 Å². The van der Waals surface area contributed by atoms with E-state index < -0.39 is 11.9 Å². The molecule has 0 aliphatic rings. The Morgan fingerprint density at radius 1 is 1.00 bits per heavy atom. The highest BCUT2D eigenvalue weighted by molar-refractivity contribution is 5.65. The van der Waals surface area contributed by atoms with Gasteiger partial charge in [0.15, 0.2) is 5.69 Å². The molecule has 2 heterocycles. The van der Waals surface area contributed by atoms with Gasteiger partial charge in [-0.3, -0.25) is 4.40 Å². The van der Waals surface area contributed by atoms with E-state index in [0.717, 1.165) is 4.40 Å². The summed E-state index contributed by atoms with van der Waals surface area (Å²) in [4.78, 5) is 7.83. The second-order valence-electron chi connectivity index (χ2n) is 3.96. The van der Waals surface area contributed by atoms with Crippen molar-refractivity contribution in [1.29, 1.82) is 0 Å². The SMILES string of the molecule is FC(F)(F)c1c(-c2ccccc2)nc2ncccn12. The predicted octanol–water partition coefficient (Wildman–Crippen LogP) is 3.42. The molecule has 0 bridgehead atoms. The van der Waals surface area contributed by atoms with E-state index >= 15 is 0 Å². The standard InChI is InChI=1S/C13H8F3N3/c14-13(15,16)11-10(9-5-2-1-3-6-9)18-12-17-7-4-8-19(11)12/h1-8H. The Labute approximate surface area is 106 Å². The summed E-state index contributed by atoms with van der Waals surface area (Å²) in [6.45, 7) is 0. The first-order valence-corrected chi connectivity index (χ1v) is 5.53. The number of halogens is 3. The number of hydrogen-bond acceptors (Lipinski definition) is 2. The van der Waals surface area contributed by atoms with Gasteiger partial charge in [0.1, 0.15) is 5.69 Å². The van der Waals surface area contributed by atoms with Gasteiger partial charge in [-0.15, -0.1) is 0 Å². The van der Waals surface area contributed by atoms with Gasteiger partial charge in [0.25, 0.3) is 0 Å². The van der Waals surface area contributed by atoms with Crippen molar-refractivity contribution in [3.63, 3.8) is 0 Å². The molecule has 1 aromatic carbocycles.